The van der Waals surface area contributed by atoms with E-state index < -0.39 is 0 Å². The van der Waals surface area contributed by atoms with Gasteiger partial charge in [-0.05, 0) is 39.0 Å². The van der Waals surface area contributed by atoms with Crippen LogP contribution in [0.4, 0.5) is 0 Å². The Bertz CT molecular complexity index is 120. The zero-order valence-electron chi connectivity index (χ0n) is 11.2. The second-order valence-corrected chi connectivity index (χ2v) is 4.55. The number of hydrogen-bond donors (Lipinski definition) is 1. The quantitative estimate of drug-likeness (QED) is 0.563. The van der Waals surface area contributed by atoms with Crippen molar-refractivity contribution >= 4 is 0 Å². The first kappa shape index (κ1) is 14.9. The molecule has 1 N–H and O–H groups in total. The van der Waals surface area contributed by atoms with Crippen molar-refractivity contribution in [2.24, 2.45) is 0 Å². The lowest BCUT2D eigenvalue weighted by atomic mass is 10.2. The van der Waals surface area contributed by atoms with Crippen LogP contribution in [0.25, 0.3) is 0 Å². The van der Waals surface area contributed by atoms with Crippen LogP contribution in [0, 0.1) is 0 Å². The van der Waals surface area contributed by atoms with E-state index in [0.717, 1.165) is 0 Å². The Morgan fingerprint density at radius 3 is 2.07 bits per heavy atom. The third kappa shape index (κ3) is 10.2. The van der Waals surface area contributed by atoms with E-state index in [1.807, 2.05) is 0 Å². The van der Waals surface area contributed by atoms with Gasteiger partial charge in [-0.25, -0.2) is 0 Å². The normalized spacial score (nSPS) is 11.6. The highest BCUT2D eigenvalue weighted by atomic mass is 15.1. The van der Waals surface area contributed by atoms with Crippen molar-refractivity contribution in [2.45, 2.75) is 59.4 Å². The maximum atomic E-state index is 3.46. The van der Waals surface area contributed by atoms with E-state index in [2.05, 4.69) is 37.9 Å². The summed E-state index contributed by atoms with van der Waals surface area (Å²) in [6.07, 6.45) is 5.46. The van der Waals surface area contributed by atoms with Gasteiger partial charge in [-0.2, -0.15) is 0 Å². The van der Waals surface area contributed by atoms with E-state index in [0.29, 0.717) is 6.04 Å². The van der Waals surface area contributed by atoms with E-state index in [9.17, 15) is 0 Å². The van der Waals surface area contributed by atoms with Gasteiger partial charge in [0.1, 0.15) is 0 Å². The molecule has 0 radical (unpaired) electrons. The maximum absolute atomic E-state index is 3.46. The first-order valence-electron chi connectivity index (χ1n) is 6.66. The topological polar surface area (TPSA) is 15.3 Å². The van der Waals surface area contributed by atoms with Gasteiger partial charge in [0.15, 0.2) is 0 Å². The van der Waals surface area contributed by atoms with Crippen LogP contribution in [-0.2, 0) is 0 Å². The molecule has 0 spiro atoms. The van der Waals surface area contributed by atoms with Crippen LogP contribution in [0.1, 0.15) is 53.4 Å². The highest BCUT2D eigenvalue weighted by Crippen LogP contribution is 2.01. The molecule has 0 saturated carbocycles. The minimum absolute atomic E-state index is 0.640. The molecule has 0 aromatic heterocycles. The van der Waals surface area contributed by atoms with Crippen molar-refractivity contribution in [3.8, 4) is 0 Å². The average molecular weight is 214 g/mol. The van der Waals surface area contributed by atoms with Gasteiger partial charge in [0, 0.05) is 6.04 Å². The van der Waals surface area contributed by atoms with Crippen molar-refractivity contribution in [1.29, 1.82) is 0 Å². The number of rotatable bonds is 10. The summed E-state index contributed by atoms with van der Waals surface area (Å²) in [5, 5.41) is 3.46. The molecule has 0 fully saturated rings. The fourth-order valence-corrected chi connectivity index (χ4v) is 1.74. The molecule has 15 heavy (non-hydrogen) atoms. The SMILES string of the molecule is CCN(CC)CCCCCCNC(C)C. The zero-order valence-corrected chi connectivity index (χ0v) is 11.2. The lowest BCUT2D eigenvalue weighted by Crippen LogP contribution is -2.24. The standard InChI is InChI=1S/C13H30N2/c1-5-15(6-2)12-10-8-7-9-11-14-13(3)4/h13-14H,5-12H2,1-4H3. The first-order valence-corrected chi connectivity index (χ1v) is 6.66. The van der Waals surface area contributed by atoms with Crippen LogP contribution in [0.3, 0.4) is 0 Å². The van der Waals surface area contributed by atoms with Crippen molar-refractivity contribution in [3.05, 3.63) is 0 Å². The summed E-state index contributed by atoms with van der Waals surface area (Å²) < 4.78 is 0. The molecule has 0 aromatic rings. The second kappa shape index (κ2) is 10.4. The van der Waals surface area contributed by atoms with Gasteiger partial charge < -0.3 is 10.2 Å². The number of hydrogen-bond acceptors (Lipinski definition) is 2. The van der Waals surface area contributed by atoms with E-state index >= 15 is 0 Å². The molecular formula is C13H30N2. The van der Waals surface area contributed by atoms with Crippen LogP contribution in [-0.4, -0.2) is 37.1 Å². The van der Waals surface area contributed by atoms with Gasteiger partial charge in [-0.3, -0.25) is 0 Å². The Hall–Kier alpha value is -0.0800. The van der Waals surface area contributed by atoms with Gasteiger partial charge in [-0.1, -0.05) is 40.5 Å². The molecule has 0 aliphatic carbocycles. The van der Waals surface area contributed by atoms with Crippen LogP contribution >= 0.6 is 0 Å². The monoisotopic (exact) mass is 214 g/mol. The maximum Gasteiger partial charge on any atom is 0.00103 e. The molecule has 0 aromatic carbocycles. The Balaban J connectivity index is 3.10. The number of nitrogens with one attached hydrogen (secondary N) is 1. The summed E-state index contributed by atoms with van der Waals surface area (Å²) in [5.74, 6) is 0. The predicted octanol–water partition coefficient (Wildman–Crippen LogP) is 2.89. The lowest BCUT2D eigenvalue weighted by Gasteiger charge is -2.17. The molecule has 0 aliphatic heterocycles. The van der Waals surface area contributed by atoms with Gasteiger partial charge >= 0.3 is 0 Å². The van der Waals surface area contributed by atoms with E-state index in [1.165, 1.54) is 51.9 Å². The molecule has 0 atom stereocenters. The Morgan fingerprint density at radius 2 is 1.53 bits per heavy atom. The van der Waals surface area contributed by atoms with Gasteiger partial charge in [0.25, 0.3) is 0 Å². The van der Waals surface area contributed by atoms with Crippen LogP contribution < -0.4 is 5.32 Å². The third-order valence-electron chi connectivity index (χ3n) is 2.85. The molecule has 2 heteroatoms. The Kier molecular flexibility index (Phi) is 10.4. The average Bonchev–Trinajstić information content (AvgIpc) is 2.22. The fourth-order valence-electron chi connectivity index (χ4n) is 1.74. The molecule has 0 heterocycles. The van der Waals surface area contributed by atoms with Crippen molar-refractivity contribution in [1.82, 2.24) is 10.2 Å². The molecule has 0 amide bonds. The molecule has 92 valence electrons. The molecular weight excluding hydrogens is 184 g/mol. The van der Waals surface area contributed by atoms with Crippen LogP contribution in [0.5, 0.6) is 0 Å². The summed E-state index contributed by atoms with van der Waals surface area (Å²) in [7, 11) is 0. The number of nitrogens with zero attached hydrogens (tertiary/aromatic N) is 1. The Morgan fingerprint density at radius 1 is 0.933 bits per heavy atom. The van der Waals surface area contributed by atoms with Crippen molar-refractivity contribution in [2.75, 3.05) is 26.2 Å². The second-order valence-electron chi connectivity index (χ2n) is 4.55. The smallest absolute Gasteiger partial charge is 0.00103 e. The summed E-state index contributed by atoms with van der Waals surface area (Å²) in [6, 6.07) is 0.640. The van der Waals surface area contributed by atoms with Gasteiger partial charge in [0.05, 0.1) is 0 Å². The van der Waals surface area contributed by atoms with Crippen molar-refractivity contribution < 1.29 is 0 Å². The fraction of sp³-hybridized carbons (Fsp3) is 1.00. The van der Waals surface area contributed by atoms with Crippen LogP contribution in [0.15, 0.2) is 0 Å². The molecule has 0 unspecified atom stereocenters. The molecule has 2 nitrogen and oxygen atoms in total. The zero-order chi connectivity index (χ0) is 11.5. The van der Waals surface area contributed by atoms with E-state index in [1.54, 1.807) is 0 Å². The highest BCUT2D eigenvalue weighted by molar-refractivity contribution is 4.55. The summed E-state index contributed by atoms with van der Waals surface area (Å²) in [6.45, 7) is 13.8. The highest BCUT2D eigenvalue weighted by Gasteiger charge is 1.98. The largest absolute Gasteiger partial charge is 0.315 e. The van der Waals surface area contributed by atoms with Crippen LogP contribution in [0.2, 0.25) is 0 Å². The predicted molar refractivity (Wildman–Crippen MR) is 69.4 cm³/mol. The molecule has 0 bridgehead atoms. The van der Waals surface area contributed by atoms with Gasteiger partial charge in [-0.15, -0.1) is 0 Å². The molecule has 0 aliphatic rings. The minimum atomic E-state index is 0.640. The van der Waals surface area contributed by atoms with Gasteiger partial charge in [0.2, 0.25) is 0 Å². The third-order valence-corrected chi connectivity index (χ3v) is 2.85. The van der Waals surface area contributed by atoms with E-state index in [4.69, 9.17) is 0 Å². The minimum Gasteiger partial charge on any atom is -0.315 e. The summed E-state index contributed by atoms with van der Waals surface area (Å²) >= 11 is 0. The number of unbranched alkanes of at least 4 members (excludes halogenated alkanes) is 3. The molecule has 0 rings (SSSR count). The Labute approximate surface area is 96.4 Å². The van der Waals surface area contributed by atoms with Crippen molar-refractivity contribution in [3.63, 3.8) is 0 Å². The van der Waals surface area contributed by atoms with E-state index in [-0.39, 0.29) is 0 Å². The summed E-state index contributed by atoms with van der Waals surface area (Å²) in [4.78, 5) is 2.51. The first-order chi connectivity index (χ1) is 7.20. The lowest BCUT2D eigenvalue weighted by molar-refractivity contribution is 0.295. The molecule has 0 saturated heterocycles. The summed E-state index contributed by atoms with van der Waals surface area (Å²) in [5.41, 5.74) is 0.